The third-order valence-corrected chi connectivity index (χ3v) is 3.87. The molecule has 104 valence electrons. The van der Waals surface area contributed by atoms with Gasteiger partial charge in [-0.2, -0.15) is 0 Å². The van der Waals surface area contributed by atoms with Crippen LogP contribution in [0, 0.1) is 9.49 Å². The lowest BCUT2D eigenvalue weighted by atomic mass is 9.95. The minimum atomic E-state index is -0.0222. The molecule has 3 heteroatoms. The van der Waals surface area contributed by atoms with Gasteiger partial charge in [-0.05, 0) is 52.3 Å². The van der Waals surface area contributed by atoms with E-state index in [1.54, 1.807) is 0 Å². The highest BCUT2D eigenvalue weighted by atomic mass is 127. The maximum Gasteiger partial charge on any atom is 0.251 e. The number of amides is 1. The average molecular weight is 379 g/mol. The average Bonchev–Trinajstić information content (AvgIpc) is 2.45. The van der Waals surface area contributed by atoms with E-state index in [0.29, 0.717) is 11.5 Å². The van der Waals surface area contributed by atoms with Gasteiger partial charge in [-0.3, -0.25) is 4.79 Å². The number of nitrogens with one attached hydrogen (secondary N) is 1. The van der Waals surface area contributed by atoms with Crippen LogP contribution in [0.5, 0.6) is 0 Å². The monoisotopic (exact) mass is 379 g/mol. The third-order valence-electron chi connectivity index (χ3n) is 3.20. The normalized spacial score (nSPS) is 12.2. The number of benzene rings is 2. The summed E-state index contributed by atoms with van der Waals surface area (Å²) in [4.78, 5) is 12.4. The van der Waals surface area contributed by atoms with Crippen LogP contribution in [0.4, 0.5) is 0 Å². The van der Waals surface area contributed by atoms with Gasteiger partial charge in [0, 0.05) is 9.13 Å². The van der Waals surface area contributed by atoms with Gasteiger partial charge in [0.2, 0.25) is 0 Å². The van der Waals surface area contributed by atoms with Crippen molar-refractivity contribution >= 4 is 28.5 Å². The van der Waals surface area contributed by atoms with Gasteiger partial charge < -0.3 is 5.32 Å². The third kappa shape index (κ3) is 3.82. The molecule has 0 radical (unpaired) electrons. The predicted molar refractivity (Wildman–Crippen MR) is 90.6 cm³/mol. The van der Waals surface area contributed by atoms with Gasteiger partial charge in [0.25, 0.3) is 5.91 Å². The summed E-state index contributed by atoms with van der Waals surface area (Å²) in [7, 11) is 0. The lowest BCUT2D eigenvalue weighted by Gasteiger charge is -2.23. The number of hydrogen-bond acceptors (Lipinski definition) is 1. The number of carbonyl (C=O) groups excluding carboxylic acids is 1. The van der Waals surface area contributed by atoms with E-state index in [9.17, 15) is 4.79 Å². The van der Waals surface area contributed by atoms with Gasteiger partial charge in [0.05, 0.1) is 6.04 Å². The smallest absolute Gasteiger partial charge is 0.251 e. The molecule has 0 aliphatic rings. The van der Waals surface area contributed by atoms with E-state index in [0.717, 1.165) is 9.13 Å². The number of carbonyl (C=O) groups is 1. The van der Waals surface area contributed by atoms with E-state index in [1.165, 1.54) is 0 Å². The quantitative estimate of drug-likeness (QED) is 0.783. The zero-order valence-corrected chi connectivity index (χ0v) is 13.8. The minimum Gasteiger partial charge on any atom is -0.345 e. The number of hydrogen-bond donors (Lipinski definition) is 1. The van der Waals surface area contributed by atoms with Crippen LogP contribution in [0.15, 0.2) is 54.6 Å². The van der Waals surface area contributed by atoms with Crippen molar-refractivity contribution in [3.05, 3.63) is 69.3 Å². The van der Waals surface area contributed by atoms with Gasteiger partial charge in [-0.1, -0.05) is 50.2 Å². The molecular formula is C17H18INO. The van der Waals surface area contributed by atoms with Gasteiger partial charge in [0.15, 0.2) is 0 Å². The van der Waals surface area contributed by atoms with Crippen molar-refractivity contribution in [2.45, 2.75) is 19.9 Å². The van der Waals surface area contributed by atoms with Crippen molar-refractivity contribution in [2.24, 2.45) is 5.92 Å². The molecule has 0 bridgehead atoms. The molecule has 2 aromatic carbocycles. The topological polar surface area (TPSA) is 29.1 Å². The summed E-state index contributed by atoms with van der Waals surface area (Å²) in [6.07, 6.45) is 0. The first-order valence-corrected chi connectivity index (χ1v) is 7.77. The Morgan fingerprint density at radius 1 is 1.05 bits per heavy atom. The van der Waals surface area contributed by atoms with Crippen LogP contribution in [0.3, 0.4) is 0 Å². The summed E-state index contributed by atoms with van der Waals surface area (Å²) in [5.74, 6) is 0.315. The van der Waals surface area contributed by atoms with Gasteiger partial charge in [-0.25, -0.2) is 0 Å². The molecule has 0 aromatic heterocycles. The molecule has 20 heavy (non-hydrogen) atoms. The molecule has 1 unspecified atom stereocenters. The van der Waals surface area contributed by atoms with Crippen LogP contribution in [0.25, 0.3) is 0 Å². The Bertz CT molecular complexity index is 581. The Hall–Kier alpha value is -1.36. The van der Waals surface area contributed by atoms with Crippen LogP contribution >= 0.6 is 22.6 Å². The minimum absolute atomic E-state index is 0.0222. The van der Waals surface area contributed by atoms with Crippen LogP contribution in [0.2, 0.25) is 0 Å². The van der Waals surface area contributed by atoms with Crippen molar-refractivity contribution in [1.82, 2.24) is 5.32 Å². The largest absolute Gasteiger partial charge is 0.345 e. The second-order valence-corrected chi connectivity index (χ2v) is 6.36. The molecule has 1 N–H and O–H groups in total. The maximum atomic E-state index is 12.4. The molecule has 0 aliphatic heterocycles. The van der Waals surface area contributed by atoms with E-state index >= 15 is 0 Å². The zero-order chi connectivity index (χ0) is 14.5. The van der Waals surface area contributed by atoms with E-state index in [4.69, 9.17) is 0 Å². The Labute approximate surface area is 133 Å². The summed E-state index contributed by atoms with van der Waals surface area (Å²) in [6, 6.07) is 17.8. The Morgan fingerprint density at radius 3 is 2.35 bits per heavy atom. The van der Waals surface area contributed by atoms with Crippen LogP contribution in [0.1, 0.15) is 35.8 Å². The Kier molecular flexibility index (Phi) is 5.17. The van der Waals surface area contributed by atoms with Crippen molar-refractivity contribution in [2.75, 3.05) is 0 Å². The van der Waals surface area contributed by atoms with Gasteiger partial charge >= 0.3 is 0 Å². The van der Waals surface area contributed by atoms with E-state index in [1.807, 2.05) is 42.5 Å². The van der Waals surface area contributed by atoms with Crippen molar-refractivity contribution in [3.8, 4) is 0 Å². The van der Waals surface area contributed by atoms with E-state index in [2.05, 4.69) is 53.9 Å². The second kappa shape index (κ2) is 6.88. The summed E-state index contributed by atoms with van der Waals surface area (Å²) in [5.41, 5.74) is 1.85. The fraction of sp³-hybridized carbons (Fsp3) is 0.235. The van der Waals surface area contributed by atoms with Crippen molar-refractivity contribution < 1.29 is 4.79 Å². The second-order valence-electron chi connectivity index (χ2n) is 5.12. The fourth-order valence-electron chi connectivity index (χ4n) is 2.15. The molecule has 1 amide bonds. The lowest BCUT2D eigenvalue weighted by molar-refractivity contribution is 0.0925. The Balaban J connectivity index is 2.19. The zero-order valence-electron chi connectivity index (χ0n) is 11.6. The number of halogens is 1. The molecule has 0 aliphatic carbocycles. The SMILES string of the molecule is CC(C)C(NC(=O)c1cccc(I)c1)c1ccccc1. The highest BCUT2D eigenvalue weighted by Crippen LogP contribution is 2.22. The fourth-order valence-corrected chi connectivity index (χ4v) is 2.69. The van der Waals surface area contributed by atoms with Crippen molar-refractivity contribution in [1.29, 1.82) is 0 Å². The molecule has 2 aromatic rings. The predicted octanol–water partition coefficient (Wildman–Crippen LogP) is 4.42. The van der Waals surface area contributed by atoms with E-state index in [-0.39, 0.29) is 11.9 Å². The van der Waals surface area contributed by atoms with Crippen LogP contribution in [-0.4, -0.2) is 5.91 Å². The molecule has 0 heterocycles. The molecule has 0 saturated carbocycles. The molecule has 1 atom stereocenters. The van der Waals surface area contributed by atoms with Gasteiger partial charge in [0.1, 0.15) is 0 Å². The molecular weight excluding hydrogens is 361 g/mol. The maximum absolute atomic E-state index is 12.4. The summed E-state index contributed by atoms with van der Waals surface area (Å²) < 4.78 is 1.07. The molecule has 0 spiro atoms. The first kappa shape index (κ1) is 15.0. The molecule has 0 fully saturated rings. The van der Waals surface area contributed by atoms with Crippen molar-refractivity contribution in [3.63, 3.8) is 0 Å². The highest BCUT2D eigenvalue weighted by Gasteiger charge is 2.18. The first-order valence-electron chi connectivity index (χ1n) is 6.69. The summed E-state index contributed by atoms with van der Waals surface area (Å²) >= 11 is 2.22. The molecule has 2 rings (SSSR count). The summed E-state index contributed by atoms with van der Waals surface area (Å²) in [6.45, 7) is 4.24. The van der Waals surface area contributed by atoms with E-state index < -0.39 is 0 Å². The molecule has 0 saturated heterocycles. The number of rotatable bonds is 4. The molecule has 2 nitrogen and oxygen atoms in total. The van der Waals surface area contributed by atoms with Gasteiger partial charge in [-0.15, -0.1) is 0 Å². The summed E-state index contributed by atoms with van der Waals surface area (Å²) in [5, 5.41) is 3.13. The highest BCUT2D eigenvalue weighted by molar-refractivity contribution is 14.1. The first-order chi connectivity index (χ1) is 9.58. The van der Waals surface area contributed by atoms with Crippen LogP contribution in [-0.2, 0) is 0 Å². The van der Waals surface area contributed by atoms with Crippen LogP contribution < -0.4 is 5.32 Å². The standard InChI is InChI=1S/C17H18INO/c1-12(2)16(13-7-4-3-5-8-13)19-17(20)14-9-6-10-15(18)11-14/h3-12,16H,1-2H3,(H,19,20). The Morgan fingerprint density at radius 2 is 1.75 bits per heavy atom. The lowest BCUT2D eigenvalue weighted by Crippen LogP contribution is -2.31.